The Morgan fingerprint density at radius 2 is 2.13 bits per heavy atom. The number of furan rings is 1. The first-order valence-electron chi connectivity index (χ1n) is 7.83. The molecule has 2 rings (SSSR count). The van der Waals surface area contributed by atoms with Crippen LogP contribution in [0.1, 0.15) is 17.9 Å². The Morgan fingerprint density at radius 1 is 1.22 bits per heavy atom. The van der Waals surface area contributed by atoms with E-state index >= 15 is 0 Å². The van der Waals surface area contributed by atoms with Gasteiger partial charge in [0.2, 0.25) is 0 Å². The zero-order valence-electron chi connectivity index (χ0n) is 13.5. The first-order chi connectivity index (χ1) is 11.4. The minimum absolute atomic E-state index is 0.518. The van der Waals surface area contributed by atoms with Crippen LogP contribution in [0.25, 0.3) is 0 Å². The van der Waals surface area contributed by atoms with Gasteiger partial charge in [0.25, 0.3) is 0 Å². The van der Waals surface area contributed by atoms with E-state index in [1.807, 2.05) is 36.5 Å². The monoisotopic (exact) mass is 316 g/mol. The third kappa shape index (κ3) is 6.97. The van der Waals surface area contributed by atoms with Crippen molar-refractivity contribution in [2.24, 2.45) is 4.99 Å². The molecule has 0 aromatic carbocycles. The number of nitrogens with zero attached hydrogens (tertiary/aromatic N) is 2. The van der Waals surface area contributed by atoms with Gasteiger partial charge in [-0.1, -0.05) is 6.07 Å². The van der Waals surface area contributed by atoms with E-state index in [2.05, 4.69) is 20.6 Å². The minimum atomic E-state index is 0.518. The maximum atomic E-state index is 5.53. The number of hydrogen-bond donors (Lipinski definition) is 2. The van der Waals surface area contributed by atoms with Crippen LogP contribution < -0.4 is 10.6 Å². The summed E-state index contributed by atoms with van der Waals surface area (Å²) in [4.78, 5) is 8.49. The van der Waals surface area contributed by atoms with Gasteiger partial charge in [-0.2, -0.15) is 0 Å². The Labute approximate surface area is 137 Å². The molecule has 0 fully saturated rings. The highest BCUT2D eigenvalue weighted by atomic mass is 16.5. The number of rotatable bonds is 9. The molecule has 2 heterocycles. The molecular weight excluding hydrogens is 292 g/mol. The van der Waals surface area contributed by atoms with Gasteiger partial charge in [0, 0.05) is 45.1 Å². The second-order valence-corrected chi connectivity index (χ2v) is 4.98. The Kier molecular flexibility index (Phi) is 7.69. The Balaban J connectivity index is 1.51. The Hall–Kier alpha value is -2.34. The summed E-state index contributed by atoms with van der Waals surface area (Å²) in [6.07, 6.45) is 5.24. The van der Waals surface area contributed by atoms with E-state index in [-0.39, 0.29) is 0 Å². The van der Waals surface area contributed by atoms with Crippen LogP contribution in [0.15, 0.2) is 52.2 Å². The third-order valence-corrected chi connectivity index (χ3v) is 3.21. The van der Waals surface area contributed by atoms with Crippen LogP contribution in [0.5, 0.6) is 0 Å². The van der Waals surface area contributed by atoms with Crippen LogP contribution in [-0.2, 0) is 17.8 Å². The van der Waals surface area contributed by atoms with Gasteiger partial charge < -0.3 is 19.8 Å². The van der Waals surface area contributed by atoms with Gasteiger partial charge in [-0.15, -0.1) is 0 Å². The van der Waals surface area contributed by atoms with Crippen molar-refractivity contribution in [2.75, 3.05) is 26.7 Å². The topological polar surface area (TPSA) is 71.7 Å². The summed E-state index contributed by atoms with van der Waals surface area (Å²) < 4.78 is 10.7. The van der Waals surface area contributed by atoms with Crippen molar-refractivity contribution in [3.05, 3.63) is 54.2 Å². The number of pyridine rings is 1. The van der Waals surface area contributed by atoms with Crippen LogP contribution >= 0.6 is 0 Å². The molecule has 23 heavy (non-hydrogen) atoms. The number of aromatic nitrogens is 1. The van der Waals surface area contributed by atoms with Gasteiger partial charge >= 0.3 is 0 Å². The van der Waals surface area contributed by atoms with Crippen LogP contribution in [-0.4, -0.2) is 37.7 Å². The molecule has 0 amide bonds. The van der Waals surface area contributed by atoms with Gasteiger partial charge in [0.1, 0.15) is 12.4 Å². The molecule has 124 valence electrons. The van der Waals surface area contributed by atoms with Gasteiger partial charge in [-0.05, 0) is 30.7 Å². The van der Waals surface area contributed by atoms with Gasteiger partial charge in [-0.3, -0.25) is 9.98 Å². The molecule has 0 aliphatic carbocycles. The van der Waals surface area contributed by atoms with Crippen molar-refractivity contribution in [1.82, 2.24) is 15.6 Å². The van der Waals surface area contributed by atoms with E-state index in [9.17, 15) is 0 Å². The lowest BCUT2D eigenvalue weighted by atomic mass is 10.3. The van der Waals surface area contributed by atoms with E-state index in [0.717, 1.165) is 43.3 Å². The zero-order valence-corrected chi connectivity index (χ0v) is 13.5. The maximum absolute atomic E-state index is 5.53. The molecule has 0 spiro atoms. The van der Waals surface area contributed by atoms with Crippen molar-refractivity contribution in [1.29, 1.82) is 0 Å². The van der Waals surface area contributed by atoms with E-state index in [4.69, 9.17) is 9.15 Å². The van der Waals surface area contributed by atoms with Crippen LogP contribution in [0.4, 0.5) is 0 Å². The summed E-state index contributed by atoms with van der Waals surface area (Å²) in [5, 5.41) is 6.54. The molecule has 0 aliphatic heterocycles. The van der Waals surface area contributed by atoms with E-state index in [1.54, 1.807) is 13.3 Å². The molecule has 2 aromatic heterocycles. The number of guanidine groups is 1. The fraction of sp³-hybridized carbons (Fsp3) is 0.412. The van der Waals surface area contributed by atoms with Gasteiger partial charge in [0.15, 0.2) is 5.96 Å². The molecule has 2 N–H and O–H groups in total. The average Bonchev–Trinajstić information content (AvgIpc) is 3.10. The molecule has 0 saturated heterocycles. The number of aliphatic imine (C=N–C) groups is 1. The highest BCUT2D eigenvalue weighted by molar-refractivity contribution is 5.79. The van der Waals surface area contributed by atoms with E-state index in [0.29, 0.717) is 13.2 Å². The van der Waals surface area contributed by atoms with E-state index in [1.165, 1.54) is 0 Å². The molecule has 6 heteroatoms. The molecule has 2 aromatic rings. The zero-order chi connectivity index (χ0) is 16.2. The number of nitrogens with one attached hydrogen (secondary N) is 2. The Bertz CT molecular complexity index is 555. The standard InChI is InChI=1S/C17H24N4O2/c1-18-17(21-11-8-15-6-2-3-9-19-15)20-10-5-12-22-14-16-7-4-13-23-16/h2-4,6-7,9,13H,5,8,10-12,14H2,1H3,(H2,18,20,21). The lowest BCUT2D eigenvalue weighted by molar-refractivity contribution is 0.105. The van der Waals surface area contributed by atoms with Crippen molar-refractivity contribution in [3.8, 4) is 0 Å². The summed E-state index contributed by atoms with van der Waals surface area (Å²) >= 11 is 0. The molecule has 0 bridgehead atoms. The van der Waals surface area contributed by atoms with Crippen molar-refractivity contribution in [3.63, 3.8) is 0 Å². The second-order valence-electron chi connectivity index (χ2n) is 4.98. The molecule has 0 radical (unpaired) electrons. The fourth-order valence-electron chi connectivity index (χ4n) is 2.02. The van der Waals surface area contributed by atoms with Crippen LogP contribution in [0.2, 0.25) is 0 Å². The Morgan fingerprint density at radius 3 is 2.87 bits per heavy atom. The maximum Gasteiger partial charge on any atom is 0.190 e. The molecule has 0 aliphatic rings. The third-order valence-electron chi connectivity index (χ3n) is 3.21. The largest absolute Gasteiger partial charge is 0.467 e. The average molecular weight is 316 g/mol. The summed E-state index contributed by atoms with van der Waals surface area (Å²) in [5.74, 6) is 1.65. The summed E-state index contributed by atoms with van der Waals surface area (Å²) in [7, 11) is 1.77. The molecule has 0 saturated carbocycles. The van der Waals surface area contributed by atoms with E-state index < -0.39 is 0 Å². The second kappa shape index (κ2) is 10.4. The van der Waals surface area contributed by atoms with Crippen LogP contribution in [0, 0.1) is 0 Å². The van der Waals surface area contributed by atoms with Gasteiger partial charge in [-0.25, -0.2) is 0 Å². The lowest BCUT2D eigenvalue weighted by Crippen LogP contribution is -2.39. The smallest absolute Gasteiger partial charge is 0.190 e. The van der Waals surface area contributed by atoms with Gasteiger partial charge in [0.05, 0.1) is 6.26 Å². The first-order valence-corrected chi connectivity index (χ1v) is 7.83. The molecule has 6 nitrogen and oxygen atoms in total. The van der Waals surface area contributed by atoms with Crippen molar-refractivity contribution >= 4 is 5.96 Å². The molecule has 0 unspecified atom stereocenters. The van der Waals surface area contributed by atoms with Crippen molar-refractivity contribution < 1.29 is 9.15 Å². The van der Waals surface area contributed by atoms with Crippen molar-refractivity contribution in [2.45, 2.75) is 19.4 Å². The highest BCUT2D eigenvalue weighted by Gasteiger charge is 1.99. The number of hydrogen-bond acceptors (Lipinski definition) is 4. The first kappa shape index (κ1) is 17.0. The predicted octanol–water partition coefficient (Wildman–Crippen LogP) is 1.99. The van der Waals surface area contributed by atoms with Crippen LogP contribution in [0.3, 0.4) is 0 Å². The quantitative estimate of drug-likeness (QED) is 0.420. The SMILES string of the molecule is CN=C(NCCCOCc1ccco1)NCCc1ccccn1. The summed E-state index contributed by atoms with van der Waals surface area (Å²) in [6, 6.07) is 9.71. The normalized spacial score (nSPS) is 11.4. The highest BCUT2D eigenvalue weighted by Crippen LogP contribution is 2.01. The predicted molar refractivity (Wildman–Crippen MR) is 90.3 cm³/mol. The molecular formula is C17H24N4O2. The lowest BCUT2D eigenvalue weighted by Gasteiger charge is -2.11. The number of ether oxygens (including phenoxy) is 1. The summed E-state index contributed by atoms with van der Waals surface area (Å²) in [6.45, 7) is 2.80. The molecule has 0 atom stereocenters. The summed E-state index contributed by atoms with van der Waals surface area (Å²) in [5.41, 5.74) is 1.07. The fourth-order valence-corrected chi connectivity index (χ4v) is 2.02. The minimum Gasteiger partial charge on any atom is -0.467 e.